The van der Waals surface area contributed by atoms with Crippen molar-refractivity contribution in [2.75, 3.05) is 13.2 Å². The summed E-state index contributed by atoms with van der Waals surface area (Å²) < 4.78 is 16.7. The summed E-state index contributed by atoms with van der Waals surface area (Å²) in [6.45, 7) is 9.57. The van der Waals surface area contributed by atoms with Gasteiger partial charge in [0.1, 0.15) is 5.73 Å². The average molecular weight is 190 g/mol. The molecule has 0 saturated carbocycles. The Bertz CT molecular complexity index is 145. The summed E-state index contributed by atoms with van der Waals surface area (Å²) in [5.41, 5.74) is 0.248. The summed E-state index contributed by atoms with van der Waals surface area (Å²) in [7, 11) is -2.00. The Morgan fingerprint density at radius 2 is 1.67 bits per heavy atom. The predicted octanol–water partition coefficient (Wildman–Crippen LogP) is 1.46. The first-order chi connectivity index (χ1) is 5.64. The van der Waals surface area contributed by atoms with Crippen molar-refractivity contribution in [1.82, 2.24) is 0 Å². The van der Waals surface area contributed by atoms with E-state index in [0.717, 1.165) is 13.2 Å². The van der Waals surface area contributed by atoms with Gasteiger partial charge >= 0.3 is 8.56 Å². The Hall–Kier alpha value is 0.0969. The zero-order valence-corrected chi connectivity index (χ0v) is 9.29. The van der Waals surface area contributed by atoms with Gasteiger partial charge in [-0.3, -0.25) is 0 Å². The van der Waals surface area contributed by atoms with Gasteiger partial charge in [-0.2, -0.15) is 0 Å². The van der Waals surface area contributed by atoms with Crippen molar-refractivity contribution in [3.8, 4) is 0 Å². The zero-order chi connectivity index (χ0) is 9.19. The van der Waals surface area contributed by atoms with Gasteiger partial charge in [0.25, 0.3) is 0 Å². The second-order valence-corrected chi connectivity index (χ2v) is 6.32. The van der Waals surface area contributed by atoms with Crippen LogP contribution in [-0.4, -0.2) is 33.6 Å². The summed E-state index contributed by atoms with van der Waals surface area (Å²) in [6.07, 6.45) is 0.333. The molecule has 0 spiro atoms. The minimum absolute atomic E-state index is 0.248. The lowest BCUT2D eigenvalue weighted by atomic mass is 10.6. The van der Waals surface area contributed by atoms with Gasteiger partial charge in [-0.25, -0.2) is 0 Å². The fraction of sp³-hybridized carbons (Fsp3) is 1.00. The Balaban J connectivity index is 2.46. The van der Waals surface area contributed by atoms with Crippen LogP contribution in [-0.2, 0) is 13.6 Å². The van der Waals surface area contributed by atoms with E-state index in [1.807, 2.05) is 13.8 Å². The zero-order valence-electron chi connectivity index (χ0n) is 8.29. The minimum Gasteiger partial charge on any atom is -0.393 e. The monoisotopic (exact) mass is 190 g/mol. The molecule has 0 N–H and O–H groups in total. The van der Waals surface area contributed by atoms with Crippen molar-refractivity contribution < 1.29 is 13.6 Å². The van der Waals surface area contributed by atoms with Crippen LogP contribution in [0.1, 0.15) is 20.8 Å². The lowest BCUT2D eigenvalue weighted by Crippen LogP contribution is -2.46. The van der Waals surface area contributed by atoms with E-state index in [4.69, 9.17) is 13.6 Å². The minimum atomic E-state index is -2.00. The molecule has 0 bridgehead atoms. The highest BCUT2D eigenvalue weighted by molar-refractivity contribution is 6.68. The Morgan fingerprint density at radius 1 is 1.25 bits per heavy atom. The third kappa shape index (κ3) is 2.07. The van der Waals surface area contributed by atoms with E-state index in [0.29, 0.717) is 6.10 Å². The van der Waals surface area contributed by atoms with E-state index < -0.39 is 8.56 Å². The summed E-state index contributed by atoms with van der Waals surface area (Å²) in [5.74, 6) is 0. The van der Waals surface area contributed by atoms with Crippen molar-refractivity contribution in [3.63, 3.8) is 0 Å². The molecule has 1 rings (SSSR count). The van der Waals surface area contributed by atoms with Crippen molar-refractivity contribution >= 4 is 8.56 Å². The van der Waals surface area contributed by atoms with Gasteiger partial charge in [0.2, 0.25) is 0 Å². The van der Waals surface area contributed by atoms with Crippen LogP contribution in [0, 0.1) is 0 Å². The maximum Gasteiger partial charge on any atom is 0.367 e. The molecule has 1 heterocycles. The SMILES string of the molecule is CCO[Si](C)(OCC)C1OC1C. The van der Waals surface area contributed by atoms with Gasteiger partial charge < -0.3 is 13.6 Å². The molecular formula is C8H18O3Si. The van der Waals surface area contributed by atoms with Gasteiger partial charge in [-0.1, -0.05) is 0 Å². The molecule has 0 aromatic carbocycles. The highest BCUT2D eigenvalue weighted by Gasteiger charge is 2.55. The van der Waals surface area contributed by atoms with Gasteiger partial charge in [0, 0.05) is 13.2 Å². The van der Waals surface area contributed by atoms with E-state index in [1.54, 1.807) is 0 Å². The molecule has 4 heteroatoms. The molecule has 3 nitrogen and oxygen atoms in total. The first-order valence-electron chi connectivity index (χ1n) is 4.57. The normalized spacial score (nSPS) is 29.0. The second kappa shape index (κ2) is 3.87. The van der Waals surface area contributed by atoms with E-state index >= 15 is 0 Å². The van der Waals surface area contributed by atoms with Crippen LogP contribution in [0.3, 0.4) is 0 Å². The van der Waals surface area contributed by atoms with Crippen LogP contribution in [0.25, 0.3) is 0 Å². The van der Waals surface area contributed by atoms with Gasteiger partial charge in [-0.05, 0) is 27.3 Å². The molecule has 1 fully saturated rings. The lowest BCUT2D eigenvalue weighted by Gasteiger charge is -2.23. The molecule has 2 unspecified atom stereocenters. The molecule has 0 aromatic heterocycles. The third-order valence-corrected chi connectivity index (χ3v) is 5.45. The summed E-state index contributed by atoms with van der Waals surface area (Å²) in [5, 5.41) is 0. The van der Waals surface area contributed by atoms with Crippen LogP contribution in [0.4, 0.5) is 0 Å². The molecule has 2 atom stereocenters. The first kappa shape index (κ1) is 10.2. The first-order valence-corrected chi connectivity index (χ1v) is 6.96. The fourth-order valence-corrected chi connectivity index (χ4v) is 4.39. The van der Waals surface area contributed by atoms with Gasteiger partial charge in [-0.15, -0.1) is 0 Å². The largest absolute Gasteiger partial charge is 0.393 e. The van der Waals surface area contributed by atoms with Crippen molar-refractivity contribution in [1.29, 1.82) is 0 Å². The van der Waals surface area contributed by atoms with Gasteiger partial charge in [0.15, 0.2) is 0 Å². The van der Waals surface area contributed by atoms with E-state index in [9.17, 15) is 0 Å². The number of hydrogen-bond acceptors (Lipinski definition) is 3. The molecule has 0 aliphatic carbocycles. The molecule has 0 aromatic rings. The van der Waals surface area contributed by atoms with Crippen LogP contribution < -0.4 is 0 Å². The molecule has 1 saturated heterocycles. The summed E-state index contributed by atoms with van der Waals surface area (Å²) in [4.78, 5) is 0. The smallest absolute Gasteiger partial charge is 0.367 e. The second-order valence-electron chi connectivity index (χ2n) is 3.14. The maximum atomic E-state index is 5.66. The predicted molar refractivity (Wildman–Crippen MR) is 49.2 cm³/mol. The summed E-state index contributed by atoms with van der Waals surface area (Å²) >= 11 is 0. The number of epoxide rings is 1. The molecule has 1 aliphatic heterocycles. The summed E-state index contributed by atoms with van der Waals surface area (Å²) in [6, 6.07) is 0. The quantitative estimate of drug-likeness (QED) is 0.486. The molecular weight excluding hydrogens is 172 g/mol. The standard InChI is InChI=1S/C8H18O3Si/c1-5-9-12(4,10-6-2)8-7(3)11-8/h7-8H,5-6H2,1-4H3. The third-order valence-electron chi connectivity index (χ3n) is 2.09. The highest BCUT2D eigenvalue weighted by atomic mass is 28.4. The maximum absolute atomic E-state index is 5.66. The Kier molecular flexibility index (Phi) is 3.28. The van der Waals surface area contributed by atoms with Crippen molar-refractivity contribution in [2.45, 2.75) is 39.1 Å². The van der Waals surface area contributed by atoms with E-state index in [-0.39, 0.29) is 5.73 Å². The highest BCUT2D eigenvalue weighted by Crippen LogP contribution is 2.32. The number of ether oxygens (including phenoxy) is 1. The molecule has 0 radical (unpaired) electrons. The molecule has 0 amide bonds. The Labute approximate surface area is 75.3 Å². The molecule has 12 heavy (non-hydrogen) atoms. The van der Waals surface area contributed by atoms with E-state index in [2.05, 4.69) is 13.5 Å². The number of rotatable bonds is 5. The van der Waals surface area contributed by atoms with Gasteiger partial charge in [0.05, 0.1) is 6.10 Å². The van der Waals surface area contributed by atoms with Crippen LogP contribution in [0.2, 0.25) is 6.55 Å². The molecule has 72 valence electrons. The topological polar surface area (TPSA) is 31.0 Å². The van der Waals surface area contributed by atoms with Crippen LogP contribution in [0.15, 0.2) is 0 Å². The van der Waals surface area contributed by atoms with Crippen molar-refractivity contribution in [2.24, 2.45) is 0 Å². The number of hydrogen-bond donors (Lipinski definition) is 0. The van der Waals surface area contributed by atoms with Crippen molar-refractivity contribution in [3.05, 3.63) is 0 Å². The van der Waals surface area contributed by atoms with Crippen LogP contribution >= 0.6 is 0 Å². The lowest BCUT2D eigenvalue weighted by molar-refractivity contribution is 0.175. The fourth-order valence-electron chi connectivity index (χ4n) is 1.51. The molecule has 1 aliphatic rings. The van der Waals surface area contributed by atoms with E-state index in [1.165, 1.54) is 0 Å². The Morgan fingerprint density at radius 3 is 1.92 bits per heavy atom. The average Bonchev–Trinajstić information content (AvgIpc) is 2.68. The van der Waals surface area contributed by atoms with Crippen LogP contribution in [0.5, 0.6) is 0 Å².